The molecule has 3 aromatic rings. The number of nitrogens with two attached hydrogens (primary N) is 2. The van der Waals surface area contributed by atoms with Gasteiger partial charge in [0.05, 0.1) is 18.5 Å². The summed E-state index contributed by atoms with van der Waals surface area (Å²) in [5.41, 5.74) is 15.3. The lowest BCUT2D eigenvalue weighted by Gasteiger charge is -2.04. The summed E-state index contributed by atoms with van der Waals surface area (Å²) in [6.07, 6.45) is 4.54. The Morgan fingerprint density at radius 1 is 1.21 bits per heavy atom. The zero-order valence-corrected chi connectivity index (χ0v) is 13.8. The summed E-state index contributed by atoms with van der Waals surface area (Å²) in [6, 6.07) is 8.43. The van der Waals surface area contributed by atoms with Crippen LogP contribution in [0.4, 0.5) is 5.82 Å². The maximum Gasteiger partial charge on any atom is 0.336 e. The van der Waals surface area contributed by atoms with Crippen LogP contribution < -0.4 is 16.2 Å². The number of fused-ring (bicyclic) bond motifs is 1. The largest absolute Gasteiger partial charge is 0.462 e. The van der Waals surface area contributed by atoms with Gasteiger partial charge in [-0.1, -0.05) is 37.6 Å². The fraction of sp³-hybridized carbons (Fsp3) is 0.353. The third-order valence-corrected chi connectivity index (χ3v) is 3.72. The lowest BCUT2D eigenvalue weighted by molar-refractivity contribution is 0.281. The van der Waals surface area contributed by atoms with Crippen LogP contribution in [-0.2, 0) is 13.0 Å². The third kappa shape index (κ3) is 3.62. The molecular formula is C17H22N6O. The second kappa shape index (κ2) is 7.27. The Balaban J connectivity index is 1.83. The molecular weight excluding hydrogens is 304 g/mol. The van der Waals surface area contributed by atoms with Crippen LogP contribution in [0.25, 0.3) is 5.65 Å². The van der Waals surface area contributed by atoms with Gasteiger partial charge in [0, 0.05) is 13.0 Å². The molecule has 0 fully saturated rings. The Labute approximate surface area is 140 Å². The lowest BCUT2D eigenvalue weighted by atomic mass is 10.1. The van der Waals surface area contributed by atoms with Crippen LogP contribution in [0.2, 0.25) is 0 Å². The van der Waals surface area contributed by atoms with E-state index >= 15 is 0 Å². The number of hydrogen-bond acceptors (Lipinski definition) is 6. The van der Waals surface area contributed by atoms with Crippen molar-refractivity contribution in [2.24, 2.45) is 5.73 Å². The summed E-state index contributed by atoms with van der Waals surface area (Å²) in [6.45, 7) is 3.20. The van der Waals surface area contributed by atoms with E-state index in [1.807, 2.05) is 18.3 Å². The van der Waals surface area contributed by atoms with Crippen molar-refractivity contribution in [3.63, 3.8) is 0 Å². The second-order valence-electron chi connectivity index (χ2n) is 5.68. The summed E-state index contributed by atoms with van der Waals surface area (Å²) < 4.78 is 7.16. The molecule has 0 bridgehead atoms. The molecule has 2 heterocycles. The normalized spacial score (nSPS) is 11.1. The van der Waals surface area contributed by atoms with Crippen LogP contribution in [0, 0.1) is 0 Å². The number of nitrogens with zero attached hydrogens (tertiary/aromatic N) is 4. The molecule has 0 aliphatic carbocycles. The van der Waals surface area contributed by atoms with E-state index in [0.717, 1.165) is 29.7 Å². The molecule has 2 aromatic heterocycles. The number of imidazole rings is 1. The van der Waals surface area contributed by atoms with E-state index in [1.165, 1.54) is 0 Å². The fourth-order valence-electron chi connectivity index (χ4n) is 2.47. The molecule has 126 valence electrons. The molecule has 0 aliphatic rings. The van der Waals surface area contributed by atoms with E-state index in [9.17, 15) is 0 Å². The summed E-state index contributed by atoms with van der Waals surface area (Å²) in [7, 11) is 0. The average Bonchev–Trinajstić information content (AvgIpc) is 2.98. The van der Waals surface area contributed by atoms with Crippen molar-refractivity contribution in [3.8, 4) is 6.01 Å². The molecule has 0 spiro atoms. The van der Waals surface area contributed by atoms with E-state index in [-0.39, 0.29) is 6.01 Å². The van der Waals surface area contributed by atoms with Crippen LogP contribution in [0.3, 0.4) is 0 Å². The molecule has 24 heavy (non-hydrogen) atoms. The van der Waals surface area contributed by atoms with Crippen LogP contribution >= 0.6 is 0 Å². The molecule has 7 nitrogen and oxygen atoms in total. The molecule has 7 heteroatoms. The quantitative estimate of drug-likeness (QED) is 0.643. The van der Waals surface area contributed by atoms with E-state index in [2.05, 4.69) is 34.1 Å². The number of hydrogen-bond donors (Lipinski definition) is 2. The predicted octanol–water partition coefficient (Wildman–Crippen LogP) is 1.93. The first-order valence-electron chi connectivity index (χ1n) is 8.12. The summed E-state index contributed by atoms with van der Waals surface area (Å²) in [4.78, 5) is 8.69. The van der Waals surface area contributed by atoms with Gasteiger partial charge in [-0.2, -0.15) is 4.98 Å². The highest BCUT2D eigenvalue weighted by molar-refractivity contribution is 5.59. The maximum absolute atomic E-state index is 5.98. The number of rotatable bonds is 7. The molecule has 0 saturated heterocycles. The van der Waals surface area contributed by atoms with Crippen LogP contribution in [0.1, 0.15) is 36.6 Å². The Morgan fingerprint density at radius 2 is 2.04 bits per heavy atom. The Bertz CT molecular complexity index is 829. The van der Waals surface area contributed by atoms with Crippen molar-refractivity contribution in [1.29, 1.82) is 0 Å². The summed E-state index contributed by atoms with van der Waals surface area (Å²) in [5.74, 6) is 0.318. The molecule has 0 aliphatic heterocycles. The number of benzene rings is 1. The van der Waals surface area contributed by atoms with Gasteiger partial charge in [0.2, 0.25) is 0 Å². The van der Waals surface area contributed by atoms with Crippen LogP contribution in [-0.4, -0.2) is 26.2 Å². The highest BCUT2D eigenvalue weighted by Crippen LogP contribution is 2.16. The van der Waals surface area contributed by atoms with Gasteiger partial charge in [-0.25, -0.2) is 9.50 Å². The van der Waals surface area contributed by atoms with Crippen molar-refractivity contribution < 1.29 is 4.74 Å². The van der Waals surface area contributed by atoms with Gasteiger partial charge in [0.1, 0.15) is 0 Å². The van der Waals surface area contributed by atoms with E-state index in [1.54, 1.807) is 4.52 Å². The van der Waals surface area contributed by atoms with Crippen molar-refractivity contribution in [3.05, 3.63) is 47.3 Å². The third-order valence-electron chi connectivity index (χ3n) is 3.72. The van der Waals surface area contributed by atoms with Crippen LogP contribution in [0.15, 0.2) is 30.5 Å². The topological polar surface area (TPSA) is 104 Å². The van der Waals surface area contributed by atoms with E-state index < -0.39 is 0 Å². The molecule has 0 atom stereocenters. The summed E-state index contributed by atoms with van der Waals surface area (Å²) >= 11 is 0. The van der Waals surface area contributed by atoms with Gasteiger partial charge < -0.3 is 16.2 Å². The number of unbranched alkanes of at least 4 members (excludes halogenated alkanes) is 1. The van der Waals surface area contributed by atoms with E-state index in [0.29, 0.717) is 31.0 Å². The molecule has 0 radical (unpaired) electrons. The maximum atomic E-state index is 5.98. The molecule has 3 rings (SSSR count). The average molecular weight is 326 g/mol. The minimum absolute atomic E-state index is 0.280. The van der Waals surface area contributed by atoms with Gasteiger partial charge in [0.25, 0.3) is 0 Å². The Kier molecular flexibility index (Phi) is 4.90. The standard InChI is InChI=1S/C17H22N6O/c1-2-3-7-24-17-21-15(19)16-20-14(11-23(16)22-17)9-12-5-4-6-13(8-12)10-18/h4-6,8,11H,2-3,7,9-10,18H2,1H3,(H2,19,21,22). The Morgan fingerprint density at radius 3 is 2.83 bits per heavy atom. The number of anilines is 1. The molecule has 4 N–H and O–H groups in total. The Hall–Kier alpha value is -2.67. The zero-order valence-electron chi connectivity index (χ0n) is 13.8. The first-order valence-corrected chi connectivity index (χ1v) is 8.12. The van der Waals surface area contributed by atoms with Gasteiger partial charge in [-0.05, 0) is 17.5 Å². The van der Waals surface area contributed by atoms with Crippen molar-refractivity contribution in [2.45, 2.75) is 32.7 Å². The van der Waals surface area contributed by atoms with E-state index in [4.69, 9.17) is 16.2 Å². The first kappa shape index (κ1) is 16.2. The van der Waals surface area contributed by atoms with Gasteiger partial charge in [0.15, 0.2) is 11.5 Å². The fourth-order valence-corrected chi connectivity index (χ4v) is 2.47. The number of ether oxygens (including phenoxy) is 1. The van der Waals surface area contributed by atoms with Gasteiger partial charge >= 0.3 is 6.01 Å². The molecule has 0 unspecified atom stereocenters. The second-order valence-corrected chi connectivity index (χ2v) is 5.68. The summed E-state index contributed by atoms with van der Waals surface area (Å²) in [5, 5.41) is 4.32. The van der Waals surface area contributed by atoms with Gasteiger partial charge in [-0.15, -0.1) is 5.10 Å². The van der Waals surface area contributed by atoms with Crippen molar-refractivity contribution in [2.75, 3.05) is 12.3 Å². The molecule has 1 aromatic carbocycles. The first-order chi connectivity index (χ1) is 11.7. The highest BCUT2D eigenvalue weighted by atomic mass is 16.5. The number of nitrogen functional groups attached to an aromatic ring is 1. The van der Waals surface area contributed by atoms with Crippen molar-refractivity contribution >= 4 is 11.5 Å². The number of aromatic nitrogens is 4. The van der Waals surface area contributed by atoms with Crippen LogP contribution in [0.5, 0.6) is 6.01 Å². The minimum atomic E-state index is 0.280. The molecule has 0 amide bonds. The molecule has 0 saturated carbocycles. The SMILES string of the molecule is CCCCOc1nc(N)c2nc(Cc3cccc(CN)c3)cn2n1. The van der Waals surface area contributed by atoms with Gasteiger partial charge in [-0.3, -0.25) is 0 Å². The predicted molar refractivity (Wildman–Crippen MR) is 92.7 cm³/mol. The zero-order chi connectivity index (χ0) is 16.9. The van der Waals surface area contributed by atoms with Crippen molar-refractivity contribution in [1.82, 2.24) is 19.6 Å². The monoisotopic (exact) mass is 326 g/mol. The smallest absolute Gasteiger partial charge is 0.336 e. The minimum Gasteiger partial charge on any atom is -0.462 e. The lowest BCUT2D eigenvalue weighted by Crippen LogP contribution is -2.06. The highest BCUT2D eigenvalue weighted by Gasteiger charge is 2.11.